The minimum Gasteiger partial charge on any atom is -0.481 e. The zero-order chi connectivity index (χ0) is 19.2. The molecule has 1 aromatic carbocycles. The van der Waals surface area contributed by atoms with Crippen LogP contribution in [-0.4, -0.2) is 23.0 Å². The van der Waals surface area contributed by atoms with Gasteiger partial charge in [-0.2, -0.15) is 5.26 Å². The van der Waals surface area contributed by atoms with Crippen LogP contribution in [0, 0.1) is 34.5 Å². The van der Waals surface area contributed by atoms with Crippen LogP contribution in [-0.2, 0) is 10.2 Å². The van der Waals surface area contributed by atoms with Crippen molar-refractivity contribution in [2.45, 2.75) is 56.9 Å². The highest BCUT2D eigenvalue weighted by Gasteiger charge is 2.59. The third-order valence-electron chi connectivity index (χ3n) is 7.37. The molecule has 3 unspecified atom stereocenters. The predicted molar refractivity (Wildman–Crippen MR) is 103 cm³/mol. The van der Waals surface area contributed by atoms with Crippen molar-refractivity contribution >= 4 is 11.8 Å². The lowest BCUT2D eigenvalue weighted by Gasteiger charge is -2.57. The molecule has 0 saturated heterocycles. The number of rotatable bonds is 5. The Morgan fingerprint density at radius 2 is 1.93 bits per heavy atom. The zero-order valence-corrected chi connectivity index (χ0v) is 15.8. The number of carbonyl (C=O) groups is 1. The number of aliphatic carboxylic acids is 1. The summed E-state index contributed by atoms with van der Waals surface area (Å²) in [7, 11) is 0. The van der Waals surface area contributed by atoms with Crippen molar-refractivity contribution in [1.82, 2.24) is 0 Å². The summed E-state index contributed by atoms with van der Waals surface area (Å²) < 4.78 is 0. The monoisotopic (exact) mass is 365 g/mol. The molecule has 3 N–H and O–H groups in total. The van der Waals surface area contributed by atoms with E-state index in [1.807, 2.05) is 37.3 Å². The second-order valence-corrected chi connectivity index (χ2v) is 9.09. The maximum absolute atomic E-state index is 11.9. The van der Waals surface area contributed by atoms with Crippen LogP contribution in [0.1, 0.15) is 51.0 Å². The number of nitriles is 1. The molecule has 0 aromatic heterocycles. The summed E-state index contributed by atoms with van der Waals surface area (Å²) in [6, 6.07) is 12.2. The highest BCUT2D eigenvalue weighted by atomic mass is 16.4. The van der Waals surface area contributed by atoms with E-state index < -0.39 is 16.8 Å². The highest BCUT2D eigenvalue weighted by Crippen LogP contribution is 2.61. The Morgan fingerprint density at radius 1 is 1.30 bits per heavy atom. The Balaban J connectivity index is 1.65. The zero-order valence-electron chi connectivity index (χ0n) is 15.8. The van der Waals surface area contributed by atoms with Gasteiger partial charge in [0.15, 0.2) is 0 Å². The van der Waals surface area contributed by atoms with E-state index in [1.165, 1.54) is 0 Å². The van der Waals surface area contributed by atoms with Gasteiger partial charge >= 0.3 is 5.97 Å². The Hall–Kier alpha value is -2.35. The van der Waals surface area contributed by atoms with Gasteiger partial charge < -0.3 is 10.8 Å². The van der Waals surface area contributed by atoms with E-state index in [4.69, 9.17) is 10.7 Å². The number of carboxylic acids is 1. The van der Waals surface area contributed by atoms with Crippen molar-refractivity contribution in [3.8, 4) is 6.07 Å². The molecule has 5 heteroatoms. The molecule has 0 aliphatic heterocycles. The largest absolute Gasteiger partial charge is 0.481 e. The van der Waals surface area contributed by atoms with Gasteiger partial charge in [0.05, 0.1) is 29.4 Å². The number of hydrogen-bond acceptors (Lipinski definition) is 3. The molecule has 27 heavy (non-hydrogen) atoms. The molecular weight excluding hydrogens is 338 g/mol. The Bertz CT molecular complexity index is 797. The minimum atomic E-state index is -0.629. The molecule has 1 aromatic rings. The van der Waals surface area contributed by atoms with Gasteiger partial charge in [-0.3, -0.25) is 9.79 Å². The van der Waals surface area contributed by atoms with E-state index in [0.29, 0.717) is 23.6 Å². The fraction of sp³-hybridized carbons (Fsp3) is 0.591. The number of amidine groups is 1. The molecule has 0 radical (unpaired) electrons. The van der Waals surface area contributed by atoms with Gasteiger partial charge in [-0.1, -0.05) is 30.3 Å². The molecule has 0 heterocycles. The molecule has 3 atom stereocenters. The summed E-state index contributed by atoms with van der Waals surface area (Å²) >= 11 is 0. The first-order valence-electron chi connectivity index (χ1n) is 9.87. The molecule has 4 fully saturated rings. The van der Waals surface area contributed by atoms with E-state index in [-0.39, 0.29) is 12.5 Å². The average molecular weight is 365 g/mol. The Labute approximate surface area is 160 Å². The lowest BCUT2D eigenvalue weighted by atomic mass is 9.48. The number of benzene rings is 1. The smallest absolute Gasteiger partial charge is 0.309 e. The Kier molecular flexibility index (Phi) is 4.25. The molecule has 4 aliphatic carbocycles. The third kappa shape index (κ3) is 2.82. The van der Waals surface area contributed by atoms with Crippen LogP contribution in [0.2, 0.25) is 0 Å². The van der Waals surface area contributed by atoms with Crippen molar-refractivity contribution in [1.29, 1.82) is 5.26 Å². The van der Waals surface area contributed by atoms with Crippen LogP contribution < -0.4 is 5.73 Å². The van der Waals surface area contributed by atoms with E-state index in [2.05, 4.69) is 6.07 Å². The number of aliphatic imine (C=N–C) groups is 1. The first kappa shape index (κ1) is 18.0. The summed E-state index contributed by atoms with van der Waals surface area (Å²) in [6.07, 6.45) is 4.67. The van der Waals surface area contributed by atoms with Crippen LogP contribution in [0.5, 0.6) is 0 Å². The minimum absolute atomic E-state index is 0.0933. The summed E-state index contributed by atoms with van der Waals surface area (Å²) in [5.41, 5.74) is 6.37. The highest BCUT2D eigenvalue weighted by molar-refractivity contribution is 5.92. The fourth-order valence-corrected chi connectivity index (χ4v) is 6.08. The van der Waals surface area contributed by atoms with Crippen molar-refractivity contribution in [3.05, 3.63) is 35.9 Å². The second kappa shape index (κ2) is 6.37. The third-order valence-corrected chi connectivity index (χ3v) is 7.37. The lowest BCUT2D eigenvalue weighted by Crippen LogP contribution is -2.56. The van der Waals surface area contributed by atoms with Crippen molar-refractivity contribution in [2.75, 3.05) is 0 Å². The molecule has 0 spiro atoms. The SMILES string of the molecule is CC(CC#N)(C(N)=NC1C2CC3CC1CC(C(=O)O)(C3)C2)c1ccccc1. The van der Waals surface area contributed by atoms with Gasteiger partial charge in [0.1, 0.15) is 5.84 Å². The van der Waals surface area contributed by atoms with E-state index in [0.717, 1.165) is 37.7 Å². The quantitative estimate of drug-likeness (QED) is 0.616. The van der Waals surface area contributed by atoms with Crippen molar-refractivity contribution in [3.63, 3.8) is 0 Å². The Morgan fingerprint density at radius 3 is 2.48 bits per heavy atom. The number of carboxylic acid groups (broad SMARTS) is 1. The summed E-state index contributed by atoms with van der Waals surface area (Å²) in [5, 5.41) is 19.2. The van der Waals surface area contributed by atoms with Gasteiger partial charge in [0.2, 0.25) is 0 Å². The number of nitrogens with two attached hydrogens (primary N) is 1. The van der Waals surface area contributed by atoms with E-state index >= 15 is 0 Å². The molecule has 4 bridgehead atoms. The topological polar surface area (TPSA) is 99.5 Å². The van der Waals surface area contributed by atoms with Gasteiger partial charge in [0, 0.05) is 0 Å². The van der Waals surface area contributed by atoms with Gasteiger partial charge in [-0.25, -0.2) is 0 Å². The molecule has 142 valence electrons. The van der Waals surface area contributed by atoms with Crippen LogP contribution in [0.25, 0.3) is 0 Å². The summed E-state index contributed by atoms with van der Waals surface area (Å²) in [4.78, 5) is 16.9. The molecule has 4 aliphatic rings. The van der Waals surface area contributed by atoms with Crippen LogP contribution in [0.4, 0.5) is 0 Å². The molecule has 4 saturated carbocycles. The van der Waals surface area contributed by atoms with Crippen LogP contribution in [0.3, 0.4) is 0 Å². The molecule has 5 rings (SSSR count). The van der Waals surface area contributed by atoms with Gasteiger partial charge in [-0.05, 0) is 62.3 Å². The first-order valence-corrected chi connectivity index (χ1v) is 9.87. The van der Waals surface area contributed by atoms with Crippen molar-refractivity contribution < 1.29 is 9.90 Å². The lowest BCUT2D eigenvalue weighted by molar-refractivity contribution is -0.166. The first-order chi connectivity index (χ1) is 12.9. The molecular formula is C22H27N3O2. The average Bonchev–Trinajstić information content (AvgIpc) is 2.64. The normalized spacial score (nSPS) is 36.8. The van der Waals surface area contributed by atoms with Crippen LogP contribution in [0.15, 0.2) is 35.3 Å². The van der Waals surface area contributed by atoms with Crippen molar-refractivity contribution in [2.24, 2.45) is 33.9 Å². The van der Waals surface area contributed by atoms with E-state index in [1.54, 1.807) is 0 Å². The maximum atomic E-state index is 11.9. The molecule has 5 nitrogen and oxygen atoms in total. The molecule has 0 amide bonds. The summed E-state index contributed by atoms with van der Waals surface area (Å²) in [6.45, 7) is 1.99. The van der Waals surface area contributed by atoms with E-state index in [9.17, 15) is 15.2 Å². The number of hydrogen-bond donors (Lipinski definition) is 2. The summed E-state index contributed by atoms with van der Waals surface area (Å²) in [5.74, 6) is 1.000. The van der Waals surface area contributed by atoms with Crippen LogP contribution >= 0.6 is 0 Å². The van der Waals surface area contributed by atoms with Gasteiger partial charge in [-0.15, -0.1) is 0 Å². The maximum Gasteiger partial charge on any atom is 0.309 e. The second-order valence-electron chi connectivity index (χ2n) is 9.09. The standard InChI is InChI=1S/C22H27N3O2/c1-21(7-8-23,17-5-3-2-4-6-17)19(24)25-18-15-9-14-10-16(18)13-22(11-14,12-15)20(26)27/h2-6,14-16,18H,7,9-13H2,1H3,(H2,24,25)(H,26,27). The predicted octanol–water partition coefficient (Wildman–Crippen LogP) is 3.49. The fourth-order valence-electron chi connectivity index (χ4n) is 6.08. The van der Waals surface area contributed by atoms with Gasteiger partial charge in [0.25, 0.3) is 0 Å². The number of nitrogens with zero attached hydrogens (tertiary/aromatic N) is 2.